The molecule has 0 radical (unpaired) electrons. The van der Waals surface area contributed by atoms with E-state index in [0.717, 1.165) is 6.42 Å². The number of ether oxygens (including phenoxy) is 1. The first kappa shape index (κ1) is 13.5. The fraction of sp³-hybridized carbons (Fsp3) is 0.692. The zero-order valence-electron chi connectivity index (χ0n) is 11.2. The van der Waals surface area contributed by atoms with Crippen LogP contribution >= 0.6 is 0 Å². The summed E-state index contributed by atoms with van der Waals surface area (Å²) >= 11 is 0. The molecule has 1 aliphatic heterocycles. The minimum absolute atomic E-state index is 0.225. The van der Waals surface area contributed by atoms with E-state index in [-0.39, 0.29) is 6.42 Å². The van der Waals surface area contributed by atoms with Crippen LogP contribution in [0.15, 0.2) is 15.8 Å². The fourth-order valence-corrected chi connectivity index (χ4v) is 3.25. The molecule has 0 bridgehead atoms. The van der Waals surface area contributed by atoms with Crippen molar-refractivity contribution < 1.29 is 14.9 Å². The van der Waals surface area contributed by atoms with Crippen LogP contribution in [0.3, 0.4) is 0 Å². The van der Waals surface area contributed by atoms with Gasteiger partial charge in [-0.25, -0.2) is 4.79 Å². The number of hydrogen-bond acceptors (Lipinski definition) is 5. The van der Waals surface area contributed by atoms with E-state index >= 15 is 0 Å². The van der Waals surface area contributed by atoms with Crippen LogP contribution < -0.4 is 11.2 Å². The highest BCUT2D eigenvalue weighted by Crippen LogP contribution is 2.46. The Morgan fingerprint density at radius 3 is 2.80 bits per heavy atom. The second-order valence-corrected chi connectivity index (χ2v) is 5.67. The molecule has 0 aromatic carbocycles. The van der Waals surface area contributed by atoms with Gasteiger partial charge in [0.05, 0.1) is 12.2 Å². The Balaban J connectivity index is 1.96. The van der Waals surface area contributed by atoms with E-state index in [9.17, 15) is 19.8 Å². The Morgan fingerprint density at radius 1 is 1.40 bits per heavy atom. The molecule has 2 heterocycles. The smallest absolute Gasteiger partial charge is 0.330 e. The van der Waals surface area contributed by atoms with Crippen molar-refractivity contribution in [2.75, 3.05) is 0 Å². The van der Waals surface area contributed by atoms with E-state index in [4.69, 9.17) is 4.74 Å². The van der Waals surface area contributed by atoms with E-state index in [1.165, 1.54) is 10.8 Å². The molecule has 7 nitrogen and oxygen atoms in total. The van der Waals surface area contributed by atoms with Crippen molar-refractivity contribution in [1.29, 1.82) is 0 Å². The minimum Gasteiger partial charge on any atom is -0.390 e. The Morgan fingerprint density at radius 2 is 2.15 bits per heavy atom. The Bertz CT molecular complexity index is 636. The molecular formula is C13H18N2O5. The number of aliphatic hydroxyl groups excluding tert-OH is 2. The monoisotopic (exact) mass is 282 g/mol. The maximum Gasteiger partial charge on any atom is 0.330 e. The first-order valence-corrected chi connectivity index (χ1v) is 6.80. The first-order valence-electron chi connectivity index (χ1n) is 6.80. The van der Waals surface area contributed by atoms with Crippen molar-refractivity contribution in [1.82, 2.24) is 9.55 Å². The highest BCUT2D eigenvalue weighted by atomic mass is 16.6. The van der Waals surface area contributed by atoms with Crippen LogP contribution in [0, 0.1) is 6.92 Å². The van der Waals surface area contributed by atoms with Crippen LogP contribution in [-0.2, 0) is 4.74 Å². The van der Waals surface area contributed by atoms with E-state index in [2.05, 4.69) is 4.98 Å². The largest absolute Gasteiger partial charge is 0.390 e. The van der Waals surface area contributed by atoms with Gasteiger partial charge in [-0.15, -0.1) is 0 Å². The number of hydrogen-bond donors (Lipinski definition) is 3. The minimum atomic E-state index is -0.978. The lowest BCUT2D eigenvalue weighted by molar-refractivity contribution is -0.149. The lowest BCUT2D eigenvalue weighted by Crippen LogP contribution is -2.46. The molecule has 20 heavy (non-hydrogen) atoms. The summed E-state index contributed by atoms with van der Waals surface area (Å²) in [5.74, 6) is 0. The number of aryl methyl sites for hydroxylation is 1. The highest BCUT2D eigenvalue weighted by molar-refractivity contribution is 5.06. The number of H-pyrrole nitrogens is 1. The number of nitrogens with one attached hydrogen (secondary N) is 1. The second kappa shape index (κ2) is 4.54. The van der Waals surface area contributed by atoms with Gasteiger partial charge in [0.15, 0.2) is 0 Å². The molecule has 2 fully saturated rings. The maximum absolute atomic E-state index is 11.9. The van der Waals surface area contributed by atoms with E-state index in [1.807, 2.05) is 0 Å². The summed E-state index contributed by atoms with van der Waals surface area (Å²) in [6.07, 6.45) is 1.39. The van der Waals surface area contributed by atoms with Gasteiger partial charge in [-0.3, -0.25) is 14.3 Å². The van der Waals surface area contributed by atoms with Gasteiger partial charge in [0, 0.05) is 18.2 Å². The second-order valence-electron chi connectivity index (χ2n) is 5.67. The van der Waals surface area contributed by atoms with Crippen LogP contribution in [0.1, 0.15) is 37.5 Å². The van der Waals surface area contributed by atoms with Gasteiger partial charge in [-0.05, 0) is 26.2 Å². The van der Waals surface area contributed by atoms with E-state index < -0.39 is 35.3 Å². The highest BCUT2D eigenvalue weighted by Gasteiger charge is 2.55. The molecule has 3 rings (SSSR count). The van der Waals surface area contributed by atoms with Crippen LogP contribution in [-0.4, -0.2) is 37.6 Å². The van der Waals surface area contributed by atoms with Gasteiger partial charge in [0.25, 0.3) is 5.56 Å². The van der Waals surface area contributed by atoms with Crippen molar-refractivity contribution in [3.8, 4) is 0 Å². The van der Waals surface area contributed by atoms with Gasteiger partial charge in [0.2, 0.25) is 0 Å². The summed E-state index contributed by atoms with van der Waals surface area (Å²) in [5, 5.41) is 20.3. The SMILES string of the molecule is Cc1cn([C@H]2C[C@H](O)[C@@]3(CCCC3O)O2)c(=O)[nH]c1=O. The van der Waals surface area contributed by atoms with Crippen molar-refractivity contribution in [3.05, 3.63) is 32.6 Å². The molecule has 110 valence electrons. The molecule has 1 saturated heterocycles. The third-order valence-corrected chi connectivity index (χ3v) is 4.41. The Hall–Kier alpha value is -1.44. The molecule has 1 spiro atoms. The molecule has 7 heteroatoms. The average Bonchev–Trinajstić information content (AvgIpc) is 2.91. The fourth-order valence-electron chi connectivity index (χ4n) is 3.25. The standard InChI is InChI=1S/C13H18N2O5/c1-7-6-15(12(19)14-11(7)18)10-5-9(17)13(20-10)4-2-3-8(13)16/h6,8-10,16-17H,2-5H2,1H3,(H,14,18,19)/t8?,9-,10+,13-/m0/s1. The maximum atomic E-state index is 11.9. The van der Waals surface area contributed by atoms with Gasteiger partial charge >= 0.3 is 5.69 Å². The topological polar surface area (TPSA) is 105 Å². The quantitative estimate of drug-likeness (QED) is 0.638. The number of aromatic amines is 1. The van der Waals surface area contributed by atoms with Gasteiger partial charge in [-0.2, -0.15) is 0 Å². The summed E-state index contributed by atoms with van der Waals surface area (Å²) in [7, 11) is 0. The zero-order chi connectivity index (χ0) is 14.5. The third kappa shape index (κ3) is 1.85. The summed E-state index contributed by atoms with van der Waals surface area (Å²) in [6, 6.07) is 0. The van der Waals surface area contributed by atoms with Crippen molar-refractivity contribution in [2.45, 2.75) is 56.6 Å². The molecule has 1 aromatic rings. The van der Waals surface area contributed by atoms with Crippen molar-refractivity contribution >= 4 is 0 Å². The molecule has 4 atom stereocenters. The molecule has 0 amide bonds. The number of aliphatic hydroxyl groups is 2. The van der Waals surface area contributed by atoms with Crippen LogP contribution in [0.5, 0.6) is 0 Å². The molecule has 2 aliphatic rings. The van der Waals surface area contributed by atoms with Gasteiger partial charge in [-0.1, -0.05) is 0 Å². The third-order valence-electron chi connectivity index (χ3n) is 4.41. The van der Waals surface area contributed by atoms with Gasteiger partial charge in [0.1, 0.15) is 11.8 Å². The first-order chi connectivity index (χ1) is 9.44. The average molecular weight is 282 g/mol. The molecule has 1 saturated carbocycles. The van der Waals surface area contributed by atoms with Crippen LogP contribution in [0.2, 0.25) is 0 Å². The molecular weight excluding hydrogens is 264 g/mol. The lowest BCUT2D eigenvalue weighted by atomic mass is 9.93. The Labute approximate surface area is 114 Å². The summed E-state index contributed by atoms with van der Waals surface area (Å²) in [6.45, 7) is 1.60. The lowest BCUT2D eigenvalue weighted by Gasteiger charge is -2.30. The summed E-state index contributed by atoms with van der Waals surface area (Å²) < 4.78 is 7.11. The number of nitrogens with zero attached hydrogens (tertiary/aromatic N) is 1. The van der Waals surface area contributed by atoms with Crippen LogP contribution in [0.25, 0.3) is 0 Å². The predicted molar refractivity (Wildman–Crippen MR) is 69.4 cm³/mol. The number of rotatable bonds is 1. The van der Waals surface area contributed by atoms with Gasteiger partial charge < -0.3 is 14.9 Å². The van der Waals surface area contributed by atoms with Crippen molar-refractivity contribution in [2.24, 2.45) is 0 Å². The normalized spacial score (nSPS) is 36.9. The van der Waals surface area contributed by atoms with Crippen molar-refractivity contribution in [3.63, 3.8) is 0 Å². The van der Waals surface area contributed by atoms with E-state index in [0.29, 0.717) is 18.4 Å². The molecule has 1 aliphatic carbocycles. The number of aromatic nitrogens is 2. The Kier molecular flexibility index (Phi) is 3.07. The zero-order valence-corrected chi connectivity index (χ0v) is 11.2. The molecule has 1 aromatic heterocycles. The molecule has 3 N–H and O–H groups in total. The van der Waals surface area contributed by atoms with E-state index in [1.54, 1.807) is 6.92 Å². The summed E-state index contributed by atoms with van der Waals surface area (Å²) in [5.41, 5.74) is -1.58. The molecule has 1 unspecified atom stereocenters. The van der Waals surface area contributed by atoms with Crippen LogP contribution in [0.4, 0.5) is 0 Å². The summed E-state index contributed by atoms with van der Waals surface area (Å²) in [4.78, 5) is 25.4. The predicted octanol–water partition coefficient (Wildman–Crippen LogP) is -0.592.